The highest BCUT2D eigenvalue weighted by molar-refractivity contribution is 7.92. The van der Waals surface area contributed by atoms with Crippen LogP contribution in [0.5, 0.6) is 0 Å². The second kappa shape index (κ2) is 13.3. The van der Waals surface area contributed by atoms with Gasteiger partial charge < -0.3 is 20.0 Å². The van der Waals surface area contributed by atoms with E-state index in [2.05, 4.69) is 14.6 Å². The number of anilines is 2. The summed E-state index contributed by atoms with van der Waals surface area (Å²) in [6, 6.07) is 6.95. The summed E-state index contributed by atoms with van der Waals surface area (Å²) in [5.74, 6) is -3.23. The second-order valence-electron chi connectivity index (χ2n) is 9.85. The lowest BCUT2D eigenvalue weighted by Crippen LogP contribution is -2.41. The molecule has 2 fully saturated rings. The zero-order valence-corrected chi connectivity index (χ0v) is 23.0. The van der Waals surface area contributed by atoms with Crippen LogP contribution in [0.2, 0.25) is 0 Å². The summed E-state index contributed by atoms with van der Waals surface area (Å²) in [7, 11) is -4.02. The molecule has 3 heterocycles. The highest BCUT2D eigenvalue weighted by atomic mass is 32.2. The largest absolute Gasteiger partial charge is 0.490 e. The molecule has 1 aromatic carbocycles. The summed E-state index contributed by atoms with van der Waals surface area (Å²) in [4.78, 5) is 40.8. The molecule has 2 saturated heterocycles. The van der Waals surface area contributed by atoms with Crippen molar-refractivity contribution in [2.24, 2.45) is 5.92 Å². The Morgan fingerprint density at radius 1 is 1.02 bits per heavy atom. The number of carbonyl (C=O) groups excluding carboxylic acids is 1. The van der Waals surface area contributed by atoms with Gasteiger partial charge in [0.05, 0.1) is 16.1 Å². The van der Waals surface area contributed by atoms with Crippen LogP contribution in [0.15, 0.2) is 41.4 Å². The van der Waals surface area contributed by atoms with Gasteiger partial charge in [0.15, 0.2) is 11.6 Å². The van der Waals surface area contributed by atoms with Crippen LogP contribution in [-0.4, -0.2) is 85.1 Å². The minimum Gasteiger partial charge on any atom is -0.478 e. The van der Waals surface area contributed by atoms with E-state index in [9.17, 15) is 36.3 Å². The summed E-state index contributed by atoms with van der Waals surface area (Å²) in [5, 5.41) is 16.6. The molecule has 2 aliphatic rings. The molecule has 0 amide bonds. The first-order valence-corrected chi connectivity index (χ1v) is 14.3. The fourth-order valence-electron chi connectivity index (χ4n) is 4.71. The maximum Gasteiger partial charge on any atom is 0.490 e. The number of piperidine rings is 1. The van der Waals surface area contributed by atoms with E-state index in [1.165, 1.54) is 56.3 Å². The predicted octanol–water partition coefficient (Wildman–Crippen LogP) is 3.73. The molecule has 15 heteroatoms. The number of aromatic nitrogens is 1. The highest BCUT2D eigenvalue weighted by Crippen LogP contribution is 2.31. The van der Waals surface area contributed by atoms with Crippen molar-refractivity contribution in [2.45, 2.75) is 43.7 Å². The fraction of sp³-hybridized carbons (Fsp3) is 0.462. The van der Waals surface area contributed by atoms with Crippen molar-refractivity contribution in [3.05, 3.63) is 47.7 Å². The number of hydrogen-bond donors (Lipinski definition) is 3. The number of carboxylic acids is 2. The molecule has 224 valence electrons. The van der Waals surface area contributed by atoms with E-state index >= 15 is 0 Å². The van der Waals surface area contributed by atoms with Gasteiger partial charge in [-0.1, -0.05) is 12.1 Å². The van der Waals surface area contributed by atoms with Crippen LogP contribution in [0.4, 0.5) is 24.7 Å². The molecular formula is C26H31F3N4O7S. The Morgan fingerprint density at radius 3 is 2.17 bits per heavy atom. The molecule has 0 aliphatic carbocycles. The van der Waals surface area contributed by atoms with E-state index in [1.54, 1.807) is 0 Å². The van der Waals surface area contributed by atoms with Crippen molar-refractivity contribution in [2.75, 3.05) is 42.3 Å². The van der Waals surface area contributed by atoms with Crippen molar-refractivity contribution >= 4 is 39.3 Å². The highest BCUT2D eigenvalue weighted by Gasteiger charge is 2.38. The average Bonchev–Trinajstić information content (AvgIpc) is 3.41. The van der Waals surface area contributed by atoms with Crippen molar-refractivity contribution in [1.29, 1.82) is 0 Å². The van der Waals surface area contributed by atoms with Crippen molar-refractivity contribution < 1.29 is 46.2 Å². The van der Waals surface area contributed by atoms with Crippen LogP contribution in [0, 0.1) is 5.92 Å². The number of aliphatic carboxylic acids is 1. The first-order valence-electron chi connectivity index (χ1n) is 12.8. The van der Waals surface area contributed by atoms with E-state index in [1.807, 2.05) is 4.90 Å². The third-order valence-corrected chi connectivity index (χ3v) is 8.09. The standard InChI is InChI=1S/C24H30N4O5S.C2HF3O2/c1-17(29)19-6-8-21(9-7-19)34(32,33)26-22-13-20(24(30)31)14-25-23(22)28-12-4-5-18(16-28)15-27-10-2-3-11-27;3-2(4,5)1(6)7/h6-9,13-14,18,26H,2-5,10-12,15-16H2,1H3,(H,30,31);(H,6,7). The minimum atomic E-state index is -5.08. The quantitative estimate of drug-likeness (QED) is 0.382. The number of nitrogens with zero attached hydrogens (tertiary/aromatic N) is 3. The second-order valence-corrected chi connectivity index (χ2v) is 11.5. The SMILES string of the molecule is CC(=O)c1ccc(S(=O)(=O)Nc2cc(C(=O)O)cnc2N2CCCC(CN3CCCC3)C2)cc1.O=C(O)C(F)(F)F. The zero-order valence-electron chi connectivity index (χ0n) is 22.2. The van der Waals surface area contributed by atoms with Gasteiger partial charge in [-0.15, -0.1) is 0 Å². The first-order chi connectivity index (χ1) is 19.2. The van der Waals surface area contributed by atoms with Crippen molar-refractivity contribution in [3.8, 4) is 0 Å². The fourth-order valence-corrected chi connectivity index (χ4v) is 5.76. The van der Waals surface area contributed by atoms with Crippen LogP contribution in [0.25, 0.3) is 0 Å². The van der Waals surface area contributed by atoms with Gasteiger partial charge in [0.25, 0.3) is 10.0 Å². The third-order valence-electron chi connectivity index (χ3n) is 6.71. The summed E-state index contributed by atoms with van der Waals surface area (Å²) in [5.41, 5.74) is 0.447. The number of sulfonamides is 1. The number of rotatable bonds is 8. The Bertz CT molecular complexity index is 1360. The lowest BCUT2D eigenvalue weighted by molar-refractivity contribution is -0.192. The number of Topliss-reactive ketones (excluding diaryl/α,β-unsaturated/α-hetero) is 1. The number of halogens is 3. The lowest BCUT2D eigenvalue weighted by atomic mass is 9.97. The Kier molecular flexibility index (Phi) is 10.3. The van der Waals surface area contributed by atoms with Crippen molar-refractivity contribution in [3.63, 3.8) is 0 Å². The van der Waals surface area contributed by atoms with Crippen molar-refractivity contribution in [1.82, 2.24) is 9.88 Å². The Hall–Kier alpha value is -3.72. The Balaban J connectivity index is 0.000000587. The Morgan fingerprint density at radius 2 is 1.63 bits per heavy atom. The van der Waals surface area contributed by atoms with Gasteiger partial charge >= 0.3 is 18.1 Å². The van der Waals surface area contributed by atoms with E-state index in [0.717, 1.165) is 45.6 Å². The molecule has 1 aromatic heterocycles. The molecule has 0 bridgehead atoms. The minimum absolute atomic E-state index is 0.0188. The van der Waals surface area contributed by atoms with Crippen LogP contribution >= 0.6 is 0 Å². The van der Waals surface area contributed by atoms with Gasteiger partial charge in [-0.25, -0.2) is 23.0 Å². The number of likely N-dealkylation sites (tertiary alicyclic amines) is 1. The maximum atomic E-state index is 13.1. The molecule has 0 spiro atoms. The number of nitrogens with one attached hydrogen (secondary N) is 1. The van der Waals surface area contributed by atoms with Crippen LogP contribution in [0.3, 0.4) is 0 Å². The Labute approximate surface area is 235 Å². The number of benzene rings is 1. The maximum absolute atomic E-state index is 13.1. The molecule has 0 radical (unpaired) electrons. The van der Waals surface area contributed by atoms with Gasteiger partial charge in [0.2, 0.25) is 0 Å². The molecule has 41 heavy (non-hydrogen) atoms. The number of aromatic carboxylic acids is 1. The number of carboxylic acid groups (broad SMARTS) is 2. The molecule has 11 nitrogen and oxygen atoms in total. The zero-order chi connectivity index (χ0) is 30.4. The van der Waals surface area contributed by atoms with Gasteiger partial charge in [0, 0.05) is 31.4 Å². The topological polar surface area (TPSA) is 157 Å². The van der Waals surface area contributed by atoms with Crippen LogP contribution in [-0.2, 0) is 14.8 Å². The van der Waals surface area contributed by atoms with Crippen LogP contribution < -0.4 is 9.62 Å². The molecule has 2 aromatic rings. The number of hydrogen-bond acceptors (Lipinski definition) is 8. The number of pyridine rings is 1. The van der Waals surface area contributed by atoms with Crippen LogP contribution in [0.1, 0.15) is 53.3 Å². The average molecular weight is 601 g/mol. The molecule has 0 saturated carbocycles. The van der Waals surface area contributed by atoms with E-state index in [0.29, 0.717) is 17.3 Å². The van der Waals surface area contributed by atoms with Gasteiger partial charge in [0.1, 0.15) is 0 Å². The lowest BCUT2D eigenvalue weighted by Gasteiger charge is -2.36. The molecular weight excluding hydrogens is 569 g/mol. The van der Waals surface area contributed by atoms with Gasteiger partial charge in [-0.3, -0.25) is 9.52 Å². The third kappa shape index (κ3) is 8.88. The molecule has 2 aliphatic heterocycles. The first kappa shape index (κ1) is 31.8. The molecule has 1 atom stereocenters. The smallest absolute Gasteiger partial charge is 0.478 e. The normalized spacial score (nSPS) is 17.9. The number of alkyl halides is 3. The summed E-state index contributed by atoms with van der Waals surface area (Å²) < 4.78 is 60.5. The summed E-state index contributed by atoms with van der Waals surface area (Å²) >= 11 is 0. The van der Waals surface area contributed by atoms with Gasteiger partial charge in [-0.05, 0) is 69.8 Å². The molecule has 3 N–H and O–H groups in total. The van der Waals surface area contributed by atoms with E-state index < -0.39 is 28.1 Å². The predicted molar refractivity (Wildman–Crippen MR) is 143 cm³/mol. The van der Waals surface area contributed by atoms with Gasteiger partial charge in [-0.2, -0.15) is 13.2 Å². The van der Waals surface area contributed by atoms with E-state index in [4.69, 9.17) is 9.90 Å². The number of carbonyl (C=O) groups is 3. The molecule has 1 unspecified atom stereocenters. The van der Waals surface area contributed by atoms with E-state index in [-0.39, 0.29) is 21.9 Å². The monoisotopic (exact) mass is 600 g/mol. The summed E-state index contributed by atoms with van der Waals surface area (Å²) in [6.45, 7) is 6.11. The number of ketones is 1. The molecule has 4 rings (SSSR count). The summed E-state index contributed by atoms with van der Waals surface area (Å²) in [6.07, 6.45) is 0.701.